The predicted molar refractivity (Wildman–Crippen MR) is 135 cm³/mol. The molecule has 0 unspecified atom stereocenters. The van der Waals surface area contributed by atoms with E-state index in [1.54, 1.807) is 6.08 Å². The average molecular weight is 462 g/mol. The van der Waals surface area contributed by atoms with E-state index in [4.69, 9.17) is 14.2 Å². The van der Waals surface area contributed by atoms with Crippen molar-refractivity contribution >= 4 is 0 Å². The summed E-state index contributed by atoms with van der Waals surface area (Å²) >= 11 is 0. The van der Waals surface area contributed by atoms with E-state index < -0.39 is 6.10 Å². The molecule has 34 heavy (non-hydrogen) atoms. The number of hydrogen-bond donors (Lipinski definition) is 2. The largest absolute Gasteiger partial charge is 0.395 e. The Morgan fingerprint density at radius 3 is 1.65 bits per heavy atom. The van der Waals surface area contributed by atoms with Crippen LogP contribution in [0.1, 0.15) is 16.7 Å². The summed E-state index contributed by atoms with van der Waals surface area (Å²) in [5.41, 5.74) is 3.23. The molecule has 2 N–H and O–H groups in total. The van der Waals surface area contributed by atoms with Crippen LogP contribution in [0.4, 0.5) is 0 Å². The lowest BCUT2D eigenvalue weighted by molar-refractivity contribution is -0.137. The van der Waals surface area contributed by atoms with Crippen molar-refractivity contribution in [2.45, 2.75) is 38.1 Å². The zero-order valence-corrected chi connectivity index (χ0v) is 19.6. The molecule has 3 aromatic rings. The maximum absolute atomic E-state index is 9.27. The van der Waals surface area contributed by atoms with Crippen LogP contribution >= 0.6 is 0 Å². The first kappa shape index (κ1) is 25.8. The number of benzene rings is 3. The van der Waals surface area contributed by atoms with Gasteiger partial charge in [-0.25, -0.2) is 0 Å². The van der Waals surface area contributed by atoms with Crippen LogP contribution in [0.3, 0.4) is 0 Å². The summed E-state index contributed by atoms with van der Waals surface area (Å²) in [6.07, 6.45) is 0.662. The summed E-state index contributed by atoms with van der Waals surface area (Å²) in [4.78, 5) is 0. The number of aliphatic hydroxyl groups is 1. The number of rotatable bonds is 16. The summed E-state index contributed by atoms with van der Waals surface area (Å²) < 4.78 is 19.1. The highest BCUT2D eigenvalue weighted by Crippen LogP contribution is 2.19. The Hall–Kier alpha value is -2.80. The molecule has 0 aliphatic heterocycles. The third-order valence-electron chi connectivity index (χ3n) is 5.43. The van der Waals surface area contributed by atoms with Gasteiger partial charge in [-0.05, 0) is 16.7 Å². The van der Waals surface area contributed by atoms with Crippen LogP contribution in [0, 0.1) is 0 Å². The topological polar surface area (TPSA) is 60.0 Å². The molecule has 5 nitrogen and oxygen atoms in total. The second-order valence-corrected chi connectivity index (χ2v) is 8.02. The van der Waals surface area contributed by atoms with E-state index >= 15 is 0 Å². The molecule has 0 saturated carbocycles. The smallest absolute Gasteiger partial charge is 0.115 e. The molecular weight excluding hydrogens is 426 g/mol. The molecule has 3 aromatic carbocycles. The van der Waals surface area contributed by atoms with E-state index in [0.717, 1.165) is 16.7 Å². The van der Waals surface area contributed by atoms with Gasteiger partial charge in [-0.15, -0.1) is 6.58 Å². The lowest BCUT2D eigenvalue weighted by Gasteiger charge is -2.32. The molecule has 0 radical (unpaired) electrons. The minimum atomic E-state index is -0.406. The van der Waals surface area contributed by atoms with Crippen molar-refractivity contribution in [3.8, 4) is 0 Å². The molecule has 0 aromatic heterocycles. The van der Waals surface area contributed by atoms with Crippen molar-refractivity contribution < 1.29 is 19.3 Å². The second-order valence-electron chi connectivity index (χ2n) is 8.02. The van der Waals surface area contributed by atoms with Crippen LogP contribution in [-0.2, 0) is 34.0 Å². The van der Waals surface area contributed by atoms with Gasteiger partial charge in [0.25, 0.3) is 0 Å². The van der Waals surface area contributed by atoms with Crippen LogP contribution in [0.25, 0.3) is 0 Å². The third-order valence-corrected chi connectivity index (χ3v) is 5.43. The zero-order valence-electron chi connectivity index (χ0n) is 19.6. The first-order chi connectivity index (χ1) is 16.8. The molecule has 3 atom stereocenters. The lowest BCUT2D eigenvalue weighted by atomic mass is 10.1. The van der Waals surface area contributed by atoms with Crippen molar-refractivity contribution in [2.24, 2.45) is 0 Å². The van der Waals surface area contributed by atoms with E-state index in [2.05, 4.69) is 11.9 Å². The SMILES string of the molecule is C=C[C@@H](OCc1ccccc1)[C@H](OCc1ccccc1)[C@H](CNCCO)OCc1ccccc1. The summed E-state index contributed by atoms with van der Waals surface area (Å²) in [6, 6.07) is 30.2. The van der Waals surface area contributed by atoms with Gasteiger partial charge in [-0.3, -0.25) is 0 Å². The molecule has 0 saturated heterocycles. The number of ether oxygens (including phenoxy) is 3. The molecule has 0 aliphatic rings. The Morgan fingerprint density at radius 2 is 1.18 bits per heavy atom. The first-order valence-electron chi connectivity index (χ1n) is 11.7. The Labute approximate surface area is 203 Å². The van der Waals surface area contributed by atoms with Gasteiger partial charge < -0.3 is 24.6 Å². The van der Waals surface area contributed by atoms with Gasteiger partial charge in [0.1, 0.15) is 12.2 Å². The highest BCUT2D eigenvalue weighted by Gasteiger charge is 2.30. The average Bonchev–Trinajstić information content (AvgIpc) is 2.90. The Bertz CT molecular complexity index is 921. The minimum absolute atomic E-state index is 0.0519. The molecular formula is C29H35NO4. The first-order valence-corrected chi connectivity index (χ1v) is 11.7. The zero-order chi connectivity index (χ0) is 23.8. The van der Waals surface area contributed by atoms with Crippen molar-refractivity contribution in [2.75, 3.05) is 19.7 Å². The fraction of sp³-hybridized carbons (Fsp3) is 0.310. The quantitative estimate of drug-likeness (QED) is 0.243. The molecule has 0 fully saturated rings. The molecule has 0 heterocycles. The van der Waals surface area contributed by atoms with E-state index in [9.17, 15) is 5.11 Å². The van der Waals surface area contributed by atoms with Crippen LogP contribution in [0.2, 0.25) is 0 Å². The van der Waals surface area contributed by atoms with E-state index in [-0.39, 0.29) is 18.8 Å². The Kier molecular flexibility index (Phi) is 11.5. The van der Waals surface area contributed by atoms with E-state index in [0.29, 0.717) is 32.9 Å². The molecule has 0 aliphatic carbocycles. The fourth-order valence-electron chi connectivity index (χ4n) is 3.61. The molecule has 3 rings (SSSR count). The summed E-state index contributed by atoms with van der Waals surface area (Å²) in [6.45, 7) is 6.37. The predicted octanol–water partition coefficient (Wildman–Crippen LogP) is 4.51. The van der Waals surface area contributed by atoms with E-state index in [1.807, 2.05) is 91.0 Å². The van der Waals surface area contributed by atoms with Gasteiger partial charge in [0, 0.05) is 13.1 Å². The van der Waals surface area contributed by atoms with Crippen molar-refractivity contribution in [1.82, 2.24) is 5.32 Å². The van der Waals surface area contributed by atoms with Crippen molar-refractivity contribution in [1.29, 1.82) is 0 Å². The van der Waals surface area contributed by atoms with Crippen LogP contribution < -0.4 is 5.32 Å². The van der Waals surface area contributed by atoms with Gasteiger partial charge in [0.2, 0.25) is 0 Å². The highest BCUT2D eigenvalue weighted by molar-refractivity contribution is 5.15. The van der Waals surface area contributed by atoms with Crippen molar-refractivity contribution in [3.63, 3.8) is 0 Å². The maximum atomic E-state index is 9.27. The molecule has 180 valence electrons. The lowest BCUT2D eigenvalue weighted by Crippen LogP contribution is -2.47. The van der Waals surface area contributed by atoms with E-state index in [1.165, 1.54) is 0 Å². The normalized spacial score (nSPS) is 13.8. The van der Waals surface area contributed by atoms with Gasteiger partial charge >= 0.3 is 0 Å². The molecule has 0 bridgehead atoms. The monoisotopic (exact) mass is 461 g/mol. The van der Waals surface area contributed by atoms with Gasteiger partial charge in [0.05, 0.1) is 32.5 Å². The van der Waals surface area contributed by atoms with Crippen LogP contribution in [0.5, 0.6) is 0 Å². The third kappa shape index (κ3) is 8.86. The fourth-order valence-corrected chi connectivity index (χ4v) is 3.61. The summed E-state index contributed by atoms with van der Waals surface area (Å²) in [5, 5.41) is 12.5. The molecule has 0 spiro atoms. The minimum Gasteiger partial charge on any atom is -0.395 e. The van der Waals surface area contributed by atoms with Crippen molar-refractivity contribution in [3.05, 3.63) is 120 Å². The van der Waals surface area contributed by atoms with Gasteiger partial charge in [-0.2, -0.15) is 0 Å². The molecule has 5 heteroatoms. The Balaban J connectivity index is 1.76. The number of nitrogens with one attached hydrogen (secondary N) is 1. The van der Waals surface area contributed by atoms with Crippen LogP contribution in [0.15, 0.2) is 104 Å². The summed E-state index contributed by atoms with van der Waals surface area (Å²) in [5.74, 6) is 0. The van der Waals surface area contributed by atoms with Crippen LogP contribution in [-0.4, -0.2) is 43.1 Å². The Morgan fingerprint density at radius 1 is 0.706 bits per heavy atom. The highest BCUT2D eigenvalue weighted by atomic mass is 16.6. The van der Waals surface area contributed by atoms with Gasteiger partial charge in [0.15, 0.2) is 0 Å². The summed E-state index contributed by atoms with van der Waals surface area (Å²) in [7, 11) is 0. The second kappa shape index (κ2) is 15.2. The molecule has 0 amide bonds. The maximum Gasteiger partial charge on any atom is 0.115 e. The number of aliphatic hydroxyl groups excluding tert-OH is 1. The van der Waals surface area contributed by atoms with Gasteiger partial charge in [-0.1, -0.05) is 97.1 Å². The standard InChI is InChI=1S/C29H35NO4/c1-2-27(32-21-24-12-6-3-7-13-24)29(34-23-26-16-10-5-11-17-26)28(20-30-18-19-31)33-22-25-14-8-4-9-15-25/h2-17,27-31H,1,18-23H2/t27-,28+,29+/m1/s1. The number of hydrogen-bond acceptors (Lipinski definition) is 5.